The Bertz CT molecular complexity index is 855. The second-order valence-corrected chi connectivity index (χ2v) is 13.3. The summed E-state index contributed by atoms with van der Waals surface area (Å²) in [5.74, 6) is 2.91. The van der Waals surface area contributed by atoms with E-state index in [0.717, 1.165) is 17.3 Å². The third-order valence-corrected chi connectivity index (χ3v) is 9.00. The van der Waals surface area contributed by atoms with Crippen LogP contribution in [0.5, 0.6) is 0 Å². The first-order valence-corrected chi connectivity index (χ1v) is 13.4. The first-order valence-electron chi connectivity index (χ1n) is 13.4. The largest absolute Gasteiger partial charge is 0.474 e. The van der Waals surface area contributed by atoms with Crippen LogP contribution in [-0.2, 0) is 9.47 Å². The predicted octanol–water partition coefficient (Wildman–Crippen LogP) is 8.06. The SMILES string of the molecule is C.CC(C)C(C)(C)C(C)(C)C(C)(C)C.CC(C)C1COC(c2cccc(C3=N[C@@H](C(C)C)CO3)n2)=N1. The molecule has 0 saturated carbocycles. The Morgan fingerprint density at radius 3 is 1.36 bits per heavy atom. The molecule has 1 aromatic heterocycles. The molecule has 0 spiro atoms. The lowest BCUT2D eigenvalue weighted by Crippen LogP contribution is -2.45. The van der Waals surface area contributed by atoms with Gasteiger partial charge in [-0.3, -0.25) is 0 Å². The van der Waals surface area contributed by atoms with Crippen LogP contribution < -0.4 is 0 Å². The highest BCUT2D eigenvalue weighted by Crippen LogP contribution is 2.54. The van der Waals surface area contributed by atoms with Crippen molar-refractivity contribution in [3.8, 4) is 0 Å². The molecule has 206 valence electrons. The minimum atomic E-state index is 0. The molecule has 0 bridgehead atoms. The van der Waals surface area contributed by atoms with Crippen molar-refractivity contribution in [2.24, 2.45) is 44.0 Å². The van der Waals surface area contributed by atoms with Crippen LogP contribution >= 0.6 is 0 Å². The lowest BCUT2D eigenvalue weighted by atomic mass is 9.52. The summed E-state index contributed by atoms with van der Waals surface area (Å²) in [4.78, 5) is 13.9. The Morgan fingerprint density at radius 2 is 1.11 bits per heavy atom. The quantitative estimate of drug-likeness (QED) is 0.396. The van der Waals surface area contributed by atoms with Gasteiger partial charge in [-0.25, -0.2) is 15.0 Å². The van der Waals surface area contributed by atoms with E-state index < -0.39 is 0 Å². The fraction of sp³-hybridized carbons (Fsp3) is 0.774. The second kappa shape index (κ2) is 12.1. The first kappa shape index (κ1) is 32.1. The normalized spacial score (nSPS) is 20.3. The zero-order valence-electron chi connectivity index (χ0n) is 24.7. The van der Waals surface area contributed by atoms with Gasteiger partial charge in [0.2, 0.25) is 11.8 Å². The van der Waals surface area contributed by atoms with Crippen LogP contribution in [0.25, 0.3) is 0 Å². The molecule has 2 atom stereocenters. The van der Waals surface area contributed by atoms with Crippen LogP contribution in [0.2, 0.25) is 0 Å². The number of rotatable bonds is 6. The van der Waals surface area contributed by atoms with E-state index in [1.165, 1.54) is 0 Å². The van der Waals surface area contributed by atoms with Crippen molar-refractivity contribution < 1.29 is 9.47 Å². The summed E-state index contributed by atoms with van der Waals surface area (Å²) in [5, 5.41) is 0. The number of aromatic nitrogens is 1. The molecule has 0 saturated heterocycles. The Morgan fingerprint density at radius 1 is 0.722 bits per heavy atom. The molecule has 1 aromatic rings. The maximum Gasteiger partial charge on any atom is 0.235 e. The predicted molar refractivity (Wildman–Crippen MR) is 155 cm³/mol. The van der Waals surface area contributed by atoms with Crippen molar-refractivity contribution in [1.29, 1.82) is 0 Å². The molecule has 5 heteroatoms. The maximum absolute atomic E-state index is 5.70. The highest BCUT2D eigenvalue weighted by Gasteiger charge is 2.46. The van der Waals surface area contributed by atoms with Crippen LogP contribution in [-0.4, -0.2) is 42.1 Å². The standard InChI is InChI=1S/C17H23N3O2.C13H28.CH4/c1-10(2)14-8-21-16(19-14)12-6-5-7-13(18-12)17-20-15(9-22-17)11(3)4;1-10(2)12(6,7)13(8,9)11(3,4)5;/h5-7,10-11,14-15H,8-9H2,1-4H3;10H,1-9H3;1H4/t14-,15?;;/m1../s1. The van der Waals surface area contributed by atoms with Crippen LogP contribution in [0.15, 0.2) is 28.2 Å². The van der Waals surface area contributed by atoms with Crippen molar-refractivity contribution in [2.75, 3.05) is 13.2 Å². The second-order valence-electron chi connectivity index (χ2n) is 13.3. The molecule has 0 fully saturated rings. The third-order valence-electron chi connectivity index (χ3n) is 9.00. The van der Waals surface area contributed by atoms with Gasteiger partial charge in [0.15, 0.2) is 0 Å². The number of nitrogens with zero attached hydrogens (tertiary/aromatic N) is 3. The van der Waals surface area contributed by atoms with Crippen LogP contribution in [0.1, 0.15) is 109 Å². The van der Waals surface area contributed by atoms with E-state index in [9.17, 15) is 0 Å². The molecule has 0 aliphatic carbocycles. The summed E-state index contributed by atoms with van der Waals surface area (Å²) in [6, 6.07) is 6.21. The summed E-state index contributed by atoms with van der Waals surface area (Å²) in [5.41, 5.74) is 2.60. The zero-order valence-corrected chi connectivity index (χ0v) is 24.7. The first-order chi connectivity index (χ1) is 16.0. The lowest BCUT2D eigenvalue weighted by Gasteiger charge is -2.53. The molecule has 2 aliphatic rings. The molecule has 2 aliphatic heterocycles. The van der Waals surface area contributed by atoms with E-state index in [1.807, 2.05) is 18.2 Å². The molecule has 3 rings (SSSR count). The molecule has 0 N–H and O–H groups in total. The van der Waals surface area contributed by atoms with Gasteiger partial charge in [0, 0.05) is 0 Å². The van der Waals surface area contributed by atoms with E-state index in [2.05, 4.69) is 105 Å². The number of aliphatic imine (C=N–C) groups is 2. The Balaban J connectivity index is 0.000000402. The Labute approximate surface area is 222 Å². The van der Waals surface area contributed by atoms with Gasteiger partial charge in [-0.2, -0.15) is 0 Å². The van der Waals surface area contributed by atoms with Gasteiger partial charge in [0.25, 0.3) is 0 Å². The van der Waals surface area contributed by atoms with Crippen molar-refractivity contribution in [3.63, 3.8) is 0 Å². The van der Waals surface area contributed by atoms with E-state index >= 15 is 0 Å². The molecule has 5 nitrogen and oxygen atoms in total. The Hall–Kier alpha value is -1.91. The number of hydrogen-bond donors (Lipinski definition) is 0. The van der Waals surface area contributed by atoms with Gasteiger partial charge in [0.1, 0.15) is 24.6 Å². The minimum Gasteiger partial charge on any atom is -0.474 e. The topological polar surface area (TPSA) is 56.1 Å². The van der Waals surface area contributed by atoms with Crippen molar-refractivity contribution in [1.82, 2.24) is 4.98 Å². The van der Waals surface area contributed by atoms with E-state index in [0.29, 0.717) is 53.1 Å². The van der Waals surface area contributed by atoms with E-state index in [1.54, 1.807) is 0 Å². The van der Waals surface area contributed by atoms with Gasteiger partial charge >= 0.3 is 0 Å². The fourth-order valence-corrected chi connectivity index (χ4v) is 4.10. The molecular weight excluding hydrogens is 446 g/mol. The summed E-state index contributed by atoms with van der Waals surface area (Å²) in [7, 11) is 0. The smallest absolute Gasteiger partial charge is 0.235 e. The molecule has 0 radical (unpaired) electrons. The van der Waals surface area contributed by atoms with Gasteiger partial charge < -0.3 is 9.47 Å². The number of pyridine rings is 1. The highest BCUT2D eigenvalue weighted by atomic mass is 16.5. The zero-order chi connectivity index (χ0) is 26.8. The number of ether oxygens (including phenoxy) is 2. The van der Waals surface area contributed by atoms with Gasteiger partial charge in [-0.1, -0.05) is 104 Å². The molecule has 0 aromatic carbocycles. The minimum absolute atomic E-state index is 0. The van der Waals surface area contributed by atoms with E-state index in [4.69, 9.17) is 9.47 Å². The van der Waals surface area contributed by atoms with Crippen molar-refractivity contribution >= 4 is 11.8 Å². The average molecular weight is 502 g/mol. The lowest BCUT2D eigenvalue weighted by molar-refractivity contribution is -0.0388. The third kappa shape index (κ3) is 7.10. The van der Waals surface area contributed by atoms with Crippen LogP contribution in [0, 0.1) is 34.0 Å². The molecular formula is C31H55N3O2. The molecule has 3 heterocycles. The summed E-state index contributed by atoms with van der Waals surface area (Å²) in [6.45, 7) is 31.1. The number of hydrogen-bond acceptors (Lipinski definition) is 5. The van der Waals surface area contributed by atoms with E-state index in [-0.39, 0.29) is 19.5 Å². The monoisotopic (exact) mass is 501 g/mol. The van der Waals surface area contributed by atoms with Gasteiger partial charge in [0.05, 0.1) is 12.1 Å². The van der Waals surface area contributed by atoms with Crippen LogP contribution in [0.4, 0.5) is 0 Å². The van der Waals surface area contributed by atoms with Gasteiger partial charge in [-0.15, -0.1) is 0 Å². The molecule has 0 amide bonds. The highest BCUT2D eigenvalue weighted by molar-refractivity contribution is 5.97. The summed E-state index contributed by atoms with van der Waals surface area (Å²) >= 11 is 0. The van der Waals surface area contributed by atoms with Gasteiger partial charge in [-0.05, 0) is 46.1 Å². The molecule has 36 heavy (non-hydrogen) atoms. The molecule has 1 unspecified atom stereocenters. The Kier molecular flexibility index (Phi) is 10.8. The van der Waals surface area contributed by atoms with Crippen LogP contribution in [0.3, 0.4) is 0 Å². The summed E-state index contributed by atoms with van der Waals surface area (Å²) in [6.07, 6.45) is 0. The fourth-order valence-electron chi connectivity index (χ4n) is 4.10. The average Bonchev–Trinajstić information content (AvgIpc) is 3.44. The summed E-state index contributed by atoms with van der Waals surface area (Å²) < 4.78 is 11.4. The maximum atomic E-state index is 5.70. The van der Waals surface area contributed by atoms with Crippen molar-refractivity contribution in [2.45, 2.75) is 110 Å². The van der Waals surface area contributed by atoms with Crippen molar-refractivity contribution in [3.05, 3.63) is 29.6 Å².